The summed E-state index contributed by atoms with van der Waals surface area (Å²) in [7, 11) is 0. The molecular weight excluding hydrogens is 311 g/mol. The van der Waals surface area contributed by atoms with Gasteiger partial charge in [-0.3, -0.25) is 15.0 Å². The Hall–Kier alpha value is -1.23. The van der Waals surface area contributed by atoms with Gasteiger partial charge in [0.15, 0.2) is 0 Å². The highest BCUT2D eigenvalue weighted by Crippen LogP contribution is 2.33. The van der Waals surface area contributed by atoms with E-state index in [0.29, 0.717) is 16.8 Å². The molecule has 1 aliphatic rings. The third-order valence-corrected chi connectivity index (χ3v) is 4.03. The number of hydrogen-bond acceptors (Lipinski definition) is 3. The van der Waals surface area contributed by atoms with E-state index in [2.05, 4.69) is 5.43 Å². The molecule has 19 heavy (non-hydrogen) atoms. The number of nitrogens with zero attached hydrogens (tertiary/aromatic N) is 1. The van der Waals surface area contributed by atoms with Crippen molar-refractivity contribution in [1.82, 2.24) is 5.01 Å². The molecule has 1 aliphatic heterocycles. The molecular formula is C12H9Cl3N2O2. The second-order valence-electron chi connectivity index (χ2n) is 4.06. The minimum atomic E-state index is -0.398. The largest absolute Gasteiger partial charge is 0.288 e. The summed E-state index contributed by atoms with van der Waals surface area (Å²) in [5.74, 6) is -0.797. The van der Waals surface area contributed by atoms with Crippen LogP contribution in [0.5, 0.6) is 0 Å². The first kappa shape index (κ1) is 14.2. The van der Waals surface area contributed by atoms with Crippen molar-refractivity contribution in [1.29, 1.82) is 0 Å². The van der Waals surface area contributed by atoms with Crippen LogP contribution >= 0.6 is 34.8 Å². The number of anilines is 1. The number of rotatable bonds is 2. The van der Waals surface area contributed by atoms with Crippen molar-refractivity contribution in [3.8, 4) is 0 Å². The van der Waals surface area contributed by atoms with Gasteiger partial charge in [0, 0.05) is 11.1 Å². The van der Waals surface area contributed by atoms with E-state index in [1.54, 1.807) is 13.8 Å². The van der Waals surface area contributed by atoms with Crippen LogP contribution in [0, 0.1) is 0 Å². The molecule has 1 aromatic carbocycles. The highest BCUT2D eigenvalue weighted by atomic mass is 35.5. The summed E-state index contributed by atoms with van der Waals surface area (Å²) in [5, 5.41) is 1.60. The minimum absolute atomic E-state index is 0.221. The molecule has 0 spiro atoms. The van der Waals surface area contributed by atoms with E-state index in [-0.39, 0.29) is 15.1 Å². The summed E-state index contributed by atoms with van der Waals surface area (Å²) in [5.41, 5.74) is 3.89. The van der Waals surface area contributed by atoms with Crippen LogP contribution in [0.1, 0.15) is 13.8 Å². The normalized spacial score (nSPS) is 15.5. The molecule has 0 fully saturated rings. The smallest absolute Gasteiger partial charge is 0.275 e. The molecule has 1 aromatic rings. The molecule has 7 heteroatoms. The van der Waals surface area contributed by atoms with Gasteiger partial charge < -0.3 is 0 Å². The van der Waals surface area contributed by atoms with Gasteiger partial charge in [0.2, 0.25) is 0 Å². The lowest BCUT2D eigenvalue weighted by atomic mass is 10.2. The van der Waals surface area contributed by atoms with Crippen molar-refractivity contribution < 1.29 is 9.59 Å². The van der Waals surface area contributed by atoms with Crippen molar-refractivity contribution in [2.75, 3.05) is 5.43 Å². The van der Waals surface area contributed by atoms with Crippen molar-refractivity contribution in [2.24, 2.45) is 0 Å². The Labute approximate surface area is 124 Å². The molecule has 2 amide bonds. The molecule has 100 valence electrons. The molecule has 0 radical (unpaired) electrons. The second-order valence-corrected chi connectivity index (χ2v) is 5.25. The zero-order valence-corrected chi connectivity index (χ0v) is 12.3. The molecule has 4 nitrogen and oxygen atoms in total. The average Bonchev–Trinajstić information content (AvgIpc) is 2.54. The highest BCUT2D eigenvalue weighted by Gasteiger charge is 2.33. The van der Waals surface area contributed by atoms with Gasteiger partial charge in [0.1, 0.15) is 0 Å². The zero-order valence-electron chi connectivity index (χ0n) is 10.1. The summed E-state index contributed by atoms with van der Waals surface area (Å²) >= 11 is 17.6. The number of halogens is 3. The Kier molecular flexibility index (Phi) is 3.76. The topological polar surface area (TPSA) is 49.4 Å². The summed E-state index contributed by atoms with van der Waals surface area (Å²) in [6.07, 6.45) is 0. The minimum Gasteiger partial charge on any atom is -0.288 e. The number of nitrogens with one attached hydrogen (secondary N) is 1. The summed E-state index contributed by atoms with van der Waals surface area (Å²) in [6.45, 7) is 3.19. The number of benzene rings is 1. The highest BCUT2D eigenvalue weighted by molar-refractivity contribution is 6.48. The van der Waals surface area contributed by atoms with E-state index in [1.165, 1.54) is 12.1 Å². The van der Waals surface area contributed by atoms with Crippen LogP contribution in [0.2, 0.25) is 15.1 Å². The van der Waals surface area contributed by atoms with Crippen molar-refractivity contribution in [3.05, 3.63) is 38.3 Å². The first-order valence-corrected chi connectivity index (χ1v) is 6.43. The number of carbonyl (C=O) groups excluding carboxylic acids is 2. The lowest BCUT2D eigenvalue weighted by Gasteiger charge is -2.18. The fraction of sp³-hybridized carbons (Fsp3) is 0.167. The van der Waals surface area contributed by atoms with Crippen molar-refractivity contribution in [3.63, 3.8) is 0 Å². The van der Waals surface area contributed by atoms with Gasteiger partial charge in [-0.15, -0.1) is 0 Å². The molecule has 0 unspecified atom stereocenters. The summed E-state index contributed by atoms with van der Waals surface area (Å²) < 4.78 is 0. The van der Waals surface area contributed by atoms with E-state index in [9.17, 15) is 9.59 Å². The number of hydrazine groups is 1. The van der Waals surface area contributed by atoms with Crippen LogP contribution in [-0.2, 0) is 9.59 Å². The van der Waals surface area contributed by atoms with E-state index in [4.69, 9.17) is 34.8 Å². The number of imide groups is 1. The first-order valence-electron chi connectivity index (χ1n) is 5.30. The number of amides is 2. The maximum atomic E-state index is 11.9. The third kappa shape index (κ3) is 2.43. The van der Waals surface area contributed by atoms with Gasteiger partial charge in [-0.05, 0) is 26.0 Å². The molecule has 2 rings (SSSR count). The quantitative estimate of drug-likeness (QED) is 0.668. The number of hydrogen-bond donors (Lipinski definition) is 1. The van der Waals surface area contributed by atoms with Crippen LogP contribution < -0.4 is 5.43 Å². The predicted molar refractivity (Wildman–Crippen MR) is 75.3 cm³/mol. The van der Waals surface area contributed by atoms with E-state index in [0.717, 1.165) is 5.01 Å². The fourth-order valence-corrected chi connectivity index (χ4v) is 2.20. The van der Waals surface area contributed by atoms with E-state index < -0.39 is 11.8 Å². The average molecular weight is 320 g/mol. The second kappa shape index (κ2) is 5.04. The maximum Gasteiger partial charge on any atom is 0.275 e. The lowest BCUT2D eigenvalue weighted by molar-refractivity contribution is -0.135. The standard InChI is InChI=1S/C12H9Cl3N2O2/c1-5-6(2)12(19)17(11(5)18)16-7-3-8(13)10(15)9(14)4-7/h3-4,16H,1-2H3. The van der Waals surface area contributed by atoms with Crippen LogP contribution in [0.4, 0.5) is 5.69 Å². The summed E-state index contributed by atoms with van der Waals surface area (Å²) in [4.78, 5) is 23.7. The molecule has 1 N–H and O–H groups in total. The molecule has 0 saturated carbocycles. The van der Waals surface area contributed by atoms with E-state index >= 15 is 0 Å². The number of carbonyl (C=O) groups is 2. The van der Waals surface area contributed by atoms with Gasteiger partial charge in [-0.25, -0.2) is 0 Å². The molecule has 0 atom stereocenters. The Balaban J connectivity index is 2.29. The van der Waals surface area contributed by atoms with E-state index in [1.807, 2.05) is 0 Å². The maximum absolute atomic E-state index is 11.9. The monoisotopic (exact) mass is 318 g/mol. The van der Waals surface area contributed by atoms with Gasteiger partial charge in [0.25, 0.3) is 11.8 Å². The molecule has 0 aromatic heterocycles. The molecule has 0 bridgehead atoms. The van der Waals surface area contributed by atoms with Crippen LogP contribution in [-0.4, -0.2) is 16.8 Å². The van der Waals surface area contributed by atoms with Gasteiger partial charge in [0.05, 0.1) is 20.8 Å². The Bertz CT molecular complexity index is 578. The lowest BCUT2D eigenvalue weighted by Crippen LogP contribution is -2.36. The fourth-order valence-electron chi connectivity index (χ4n) is 1.60. The van der Waals surface area contributed by atoms with Gasteiger partial charge >= 0.3 is 0 Å². The molecule has 0 aliphatic carbocycles. The predicted octanol–water partition coefficient (Wildman–Crippen LogP) is 3.68. The van der Waals surface area contributed by atoms with Crippen molar-refractivity contribution >= 4 is 52.3 Å². The van der Waals surface area contributed by atoms with Crippen LogP contribution in [0.3, 0.4) is 0 Å². The first-order chi connectivity index (χ1) is 8.82. The zero-order chi connectivity index (χ0) is 14.3. The Morgan fingerprint density at radius 2 is 1.37 bits per heavy atom. The van der Waals surface area contributed by atoms with Crippen LogP contribution in [0.25, 0.3) is 0 Å². The van der Waals surface area contributed by atoms with Gasteiger partial charge in [-0.1, -0.05) is 34.8 Å². The van der Waals surface area contributed by atoms with Gasteiger partial charge in [-0.2, -0.15) is 5.01 Å². The summed E-state index contributed by atoms with van der Waals surface area (Å²) in [6, 6.07) is 2.97. The Morgan fingerprint density at radius 3 is 1.79 bits per heavy atom. The van der Waals surface area contributed by atoms with Crippen molar-refractivity contribution in [2.45, 2.75) is 13.8 Å². The molecule has 0 saturated heterocycles. The third-order valence-electron chi connectivity index (χ3n) is 2.83. The molecule has 1 heterocycles. The SMILES string of the molecule is CC1=C(C)C(=O)N(Nc2cc(Cl)c(Cl)c(Cl)c2)C1=O. The Morgan fingerprint density at radius 1 is 0.947 bits per heavy atom. The van der Waals surface area contributed by atoms with Crippen LogP contribution in [0.15, 0.2) is 23.3 Å².